The summed E-state index contributed by atoms with van der Waals surface area (Å²) in [4.78, 5) is 0. The van der Waals surface area contributed by atoms with Crippen molar-refractivity contribution in [2.45, 2.75) is 25.4 Å². The van der Waals surface area contributed by atoms with Gasteiger partial charge in [0.2, 0.25) is 0 Å². The number of aliphatic hydroxyl groups is 1. The molecule has 0 fully saturated rings. The smallest absolute Gasteiger partial charge is 0.122 e. The summed E-state index contributed by atoms with van der Waals surface area (Å²) in [7, 11) is 0. The van der Waals surface area contributed by atoms with E-state index in [0.29, 0.717) is 13.0 Å². The molecule has 2 nitrogen and oxygen atoms in total. The minimum atomic E-state index is -0.323. The first-order chi connectivity index (χ1) is 7.33. The number of terminal acetylenes is 1. The van der Waals surface area contributed by atoms with Crippen molar-refractivity contribution < 1.29 is 9.84 Å². The highest BCUT2D eigenvalue weighted by Gasteiger charge is 2.22. The topological polar surface area (TPSA) is 29.5 Å². The highest BCUT2D eigenvalue weighted by molar-refractivity contribution is 5.44. The van der Waals surface area contributed by atoms with E-state index >= 15 is 0 Å². The number of benzene rings is 1. The molecule has 2 rings (SSSR count). The van der Waals surface area contributed by atoms with Crippen molar-refractivity contribution in [2.24, 2.45) is 0 Å². The third kappa shape index (κ3) is 1.98. The van der Waals surface area contributed by atoms with Gasteiger partial charge < -0.3 is 9.84 Å². The van der Waals surface area contributed by atoms with Crippen molar-refractivity contribution in [3.63, 3.8) is 0 Å². The van der Waals surface area contributed by atoms with Crippen molar-refractivity contribution in [3.05, 3.63) is 29.3 Å². The van der Waals surface area contributed by atoms with Crippen LogP contribution < -0.4 is 4.74 Å². The summed E-state index contributed by atoms with van der Waals surface area (Å²) < 4.78 is 5.58. The van der Waals surface area contributed by atoms with E-state index in [2.05, 4.69) is 5.92 Å². The first-order valence-corrected chi connectivity index (χ1v) is 5.19. The first-order valence-electron chi connectivity index (χ1n) is 5.19. The summed E-state index contributed by atoms with van der Waals surface area (Å²) in [5.74, 6) is 3.41. The number of hydrogen-bond acceptors (Lipinski definition) is 2. The second kappa shape index (κ2) is 4.37. The molecule has 1 atom stereocenters. The fraction of sp³-hybridized carbons (Fsp3) is 0.385. The fourth-order valence-electron chi connectivity index (χ4n) is 1.95. The SMILES string of the molecule is C#CCCOc1cccc2c1CCC2O. The number of ether oxygens (including phenoxy) is 1. The molecule has 0 saturated heterocycles. The second-order valence-corrected chi connectivity index (χ2v) is 3.68. The van der Waals surface area contributed by atoms with Crippen LogP contribution in [0.2, 0.25) is 0 Å². The summed E-state index contributed by atoms with van der Waals surface area (Å²) in [6.07, 6.45) is 7.14. The largest absolute Gasteiger partial charge is 0.492 e. The average Bonchev–Trinajstić information content (AvgIpc) is 2.62. The monoisotopic (exact) mass is 202 g/mol. The average molecular weight is 202 g/mol. The molecular weight excluding hydrogens is 188 g/mol. The van der Waals surface area contributed by atoms with E-state index in [-0.39, 0.29) is 6.10 Å². The molecule has 2 heteroatoms. The summed E-state index contributed by atoms with van der Waals surface area (Å²) in [6, 6.07) is 5.81. The number of fused-ring (bicyclic) bond motifs is 1. The van der Waals surface area contributed by atoms with Crippen LogP contribution >= 0.6 is 0 Å². The molecular formula is C13H14O2. The van der Waals surface area contributed by atoms with Gasteiger partial charge in [0, 0.05) is 12.0 Å². The van der Waals surface area contributed by atoms with Crippen molar-refractivity contribution in [2.75, 3.05) is 6.61 Å². The van der Waals surface area contributed by atoms with Crippen molar-refractivity contribution in [1.29, 1.82) is 0 Å². The van der Waals surface area contributed by atoms with Crippen molar-refractivity contribution >= 4 is 0 Å². The van der Waals surface area contributed by atoms with Crippen LogP contribution in [0.5, 0.6) is 5.75 Å². The van der Waals surface area contributed by atoms with Gasteiger partial charge in [0.1, 0.15) is 5.75 Å². The minimum Gasteiger partial charge on any atom is -0.492 e. The molecule has 1 aromatic rings. The Balaban J connectivity index is 2.16. The van der Waals surface area contributed by atoms with E-state index in [9.17, 15) is 5.11 Å². The lowest BCUT2D eigenvalue weighted by atomic mass is 10.1. The summed E-state index contributed by atoms with van der Waals surface area (Å²) in [5, 5.41) is 9.69. The first kappa shape index (κ1) is 10.1. The van der Waals surface area contributed by atoms with Crippen LogP contribution in [0.15, 0.2) is 18.2 Å². The Labute approximate surface area is 89.9 Å². The summed E-state index contributed by atoms with van der Waals surface area (Å²) >= 11 is 0. The summed E-state index contributed by atoms with van der Waals surface area (Å²) in [6.45, 7) is 0.545. The van der Waals surface area contributed by atoms with E-state index in [1.165, 1.54) is 0 Å². The molecule has 0 aromatic heterocycles. The molecule has 0 radical (unpaired) electrons. The van der Waals surface area contributed by atoms with Gasteiger partial charge in [0.25, 0.3) is 0 Å². The van der Waals surface area contributed by atoms with Crippen LogP contribution in [0.3, 0.4) is 0 Å². The summed E-state index contributed by atoms with van der Waals surface area (Å²) in [5.41, 5.74) is 2.15. The lowest BCUT2D eigenvalue weighted by molar-refractivity contribution is 0.180. The Bertz CT molecular complexity index is 390. The van der Waals surface area contributed by atoms with Gasteiger partial charge in [-0.15, -0.1) is 12.3 Å². The maximum atomic E-state index is 9.69. The Morgan fingerprint density at radius 2 is 2.40 bits per heavy atom. The molecule has 0 bridgehead atoms. The maximum Gasteiger partial charge on any atom is 0.122 e. The lowest BCUT2D eigenvalue weighted by Gasteiger charge is -2.10. The molecule has 1 aromatic carbocycles. The van der Waals surface area contributed by atoms with Gasteiger partial charge in [0.15, 0.2) is 0 Å². The highest BCUT2D eigenvalue weighted by atomic mass is 16.5. The van der Waals surface area contributed by atoms with Crippen LogP contribution in [0.1, 0.15) is 30.1 Å². The minimum absolute atomic E-state index is 0.323. The number of hydrogen-bond donors (Lipinski definition) is 1. The Hall–Kier alpha value is -1.46. The quantitative estimate of drug-likeness (QED) is 0.600. The molecule has 0 spiro atoms. The van der Waals surface area contributed by atoms with Gasteiger partial charge in [-0.1, -0.05) is 12.1 Å². The van der Waals surface area contributed by atoms with Gasteiger partial charge in [-0.2, -0.15) is 0 Å². The molecule has 1 unspecified atom stereocenters. The van der Waals surface area contributed by atoms with Gasteiger partial charge in [-0.05, 0) is 24.5 Å². The third-order valence-electron chi connectivity index (χ3n) is 2.70. The Morgan fingerprint density at radius 3 is 3.20 bits per heavy atom. The van der Waals surface area contributed by atoms with Crippen molar-refractivity contribution in [1.82, 2.24) is 0 Å². The zero-order chi connectivity index (χ0) is 10.7. The predicted molar refractivity (Wildman–Crippen MR) is 58.7 cm³/mol. The van der Waals surface area contributed by atoms with E-state index < -0.39 is 0 Å². The number of aliphatic hydroxyl groups excluding tert-OH is 1. The van der Waals surface area contributed by atoms with E-state index in [1.807, 2.05) is 18.2 Å². The van der Waals surface area contributed by atoms with E-state index in [4.69, 9.17) is 11.2 Å². The predicted octanol–water partition coefficient (Wildman–Crippen LogP) is 2.07. The fourth-order valence-corrected chi connectivity index (χ4v) is 1.95. The van der Waals surface area contributed by atoms with Crippen LogP contribution in [0, 0.1) is 12.3 Å². The molecule has 1 N–H and O–H groups in total. The molecule has 0 heterocycles. The third-order valence-corrected chi connectivity index (χ3v) is 2.70. The zero-order valence-electron chi connectivity index (χ0n) is 8.57. The molecule has 15 heavy (non-hydrogen) atoms. The van der Waals surface area contributed by atoms with Gasteiger partial charge in [-0.25, -0.2) is 0 Å². The van der Waals surface area contributed by atoms with Gasteiger partial charge in [-0.3, -0.25) is 0 Å². The molecule has 1 aliphatic rings. The normalized spacial score (nSPS) is 18.3. The van der Waals surface area contributed by atoms with Crippen LogP contribution in [0.4, 0.5) is 0 Å². The van der Waals surface area contributed by atoms with E-state index in [1.54, 1.807) is 0 Å². The Kier molecular flexibility index (Phi) is 2.94. The van der Waals surface area contributed by atoms with Crippen LogP contribution in [0.25, 0.3) is 0 Å². The Morgan fingerprint density at radius 1 is 1.53 bits per heavy atom. The second-order valence-electron chi connectivity index (χ2n) is 3.68. The van der Waals surface area contributed by atoms with Gasteiger partial charge >= 0.3 is 0 Å². The zero-order valence-corrected chi connectivity index (χ0v) is 8.57. The standard InChI is InChI=1S/C13H14O2/c1-2-3-9-15-13-6-4-5-10-11(13)7-8-12(10)14/h1,4-6,12,14H,3,7-9H2. The molecule has 1 aliphatic carbocycles. The maximum absolute atomic E-state index is 9.69. The van der Waals surface area contributed by atoms with Crippen LogP contribution in [-0.2, 0) is 6.42 Å². The molecule has 0 amide bonds. The lowest BCUT2D eigenvalue weighted by Crippen LogP contribution is -1.99. The van der Waals surface area contributed by atoms with Gasteiger partial charge in [0.05, 0.1) is 12.7 Å². The molecule has 78 valence electrons. The number of rotatable bonds is 3. The highest BCUT2D eigenvalue weighted by Crippen LogP contribution is 2.36. The van der Waals surface area contributed by atoms with Crippen LogP contribution in [-0.4, -0.2) is 11.7 Å². The molecule has 0 aliphatic heterocycles. The van der Waals surface area contributed by atoms with Crippen molar-refractivity contribution in [3.8, 4) is 18.1 Å². The van der Waals surface area contributed by atoms with E-state index in [0.717, 1.165) is 29.7 Å². The molecule has 0 saturated carbocycles.